The average Bonchev–Trinajstić information content (AvgIpc) is 3.31. The van der Waals surface area contributed by atoms with Gasteiger partial charge in [0, 0.05) is 44.5 Å². The first-order valence-corrected chi connectivity index (χ1v) is 10.3. The van der Waals surface area contributed by atoms with Crippen LogP contribution in [0.5, 0.6) is 11.5 Å². The molecule has 0 aromatic heterocycles. The minimum atomic E-state index is 0.0261. The molecule has 4 rings (SSSR count). The summed E-state index contributed by atoms with van der Waals surface area (Å²) in [6.45, 7) is 4.22. The van der Waals surface area contributed by atoms with Crippen LogP contribution in [-0.2, 0) is 4.74 Å². The Morgan fingerprint density at radius 3 is 2.69 bits per heavy atom. The number of carbonyl (C=O) groups is 1. The van der Waals surface area contributed by atoms with Gasteiger partial charge in [0.1, 0.15) is 18.1 Å². The van der Waals surface area contributed by atoms with Gasteiger partial charge in [0.15, 0.2) is 0 Å². The van der Waals surface area contributed by atoms with E-state index in [1.807, 2.05) is 47.4 Å². The standard InChI is InChI=1S/C23H28N2O4/c1-27-19-7-4-6-18(16-19)24-11-13-25(14-12-24)23(26)21-9-2-3-10-22(21)29-17-20-8-5-15-28-20/h2-4,6-7,9-10,16,20H,5,8,11-15,17H2,1H3. The van der Waals surface area contributed by atoms with E-state index in [9.17, 15) is 4.79 Å². The molecule has 2 saturated heterocycles. The Bertz CT molecular complexity index is 827. The maximum absolute atomic E-state index is 13.1. The van der Waals surface area contributed by atoms with Gasteiger partial charge < -0.3 is 24.0 Å². The van der Waals surface area contributed by atoms with Crippen molar-refractivity contribution in [3.8, 4) is 11.5 Å². The summed E-state index contributed by atoms with van der Waals surface area (Å²) in [5, 5.41) is 0. The first-order valence-electron chi connectivity index (χ1n) is 10.3. The Labute approximate surface area is 172 Å². The molecule has 1 amide bonds. The number of piperazine rings is 1. The third-order valence-electron chi connectivity index (χ3n) is 5.55. The number of anilines is 1. The first-order chi connectivity index (χ1) is 14.2. The number of methoxy groups -OCH3 is 1. The molecule has 6 nitrogen and oxygen atoms in total. The van der Waals surface area contributed by atoms with Gasteiger partial charge in [0.2, 0.25) is 0 Å². The minimum Gasteiger partial charge on any atom is -0.497 e. The van der Waals surface area contributed by atoms with Crippen molar-refractivity contribution in [2.24, 2.45) is 0 Å². The van der Waals surface area contributed by atoms with Crippen molar-refractivity contribution >= 4 is 11.6 Å². The number of hydrogen-bond acceptors (Lipinski definition) is 5. The molecule has 0 aliphatic carbocycles. The Morgan fingerprint density at radius 1 is 1.10 bits per heavy atom. The van der Waals surface area contributed by atoms with E-state index in [2.05, 4.69) is 11.0 Å². The van der Waals surface area contributed by atoms with Gasteiger partial charge in [-0.2, -0.15) is 0 Å². The lowest BCUT2D eigenvalue weighted by Gasteiger charge is -2.36. The highest BCUT2D eigenvalue weighted by atomic mass is 16.5. The van der Waals surface area contributed by atoms with Gasteiger partial charge in [0.25, 0.3) is 5.91 Å². The molecule has 1 atom stereocenters. The van der Waals surface area contributed by atoms with Crippen LogP contribution >= 0.6 is 0 Å². The zero-order valence-electron chi connectivity index (χ0n) is 16.9. The van der Waals surface area contributed by atoms with Crippen LogP contribution in [0.1, 0.15) is 23.2 Å². The Morgan fingerprint density at radius 2 is 1.93 bits per heavy atom. The van der Waals surface area contributed by atoms with Crippen molar-refractivity contribution in [2.45, 2.75) is 18.9 Å². The third kappa shape index (κ3) is 4.65. The SMILES string of the molecule is COc1cccc(N2CCN(C(=O)c3ccccc3OCC3CCCO3)CC2)c1. The lowest BCUT2D eigenvalue weighted by Crippen LogP contribution is -2.48. The molecule has 0 bridgehead atoms. The van der Waals surface area contributed by atoms with E-state index in [0.29, 0.717) is 31.0 Å². The maximum atomic E-state index is 13.1. The predicted molar refractivity (Wildman–Crippen MR) is 112 cm³/mol. The van der Waals surface area contributed by atoms with E-state index in [1.165, 1.54) is 0 Å². The molecule has 2 aromatic rings. The fraction of sp³-hybridized carbons (Fsp3) is 0.435. The van der Waals surface area contributed by atoms with Gasteiger partial charge in [-0.3, -0.25) is 4.79 Å². The molecule has 2 aliphatic rings. The molecule has 0 radical (unpaired) electrons. The van der Waals surface area contributed by atoms with Crippen LogP contribution in [0.4, 0.5) is 5.69 Å². The number of amides is 1. The van der Waals surface area contributed by atoms with E-state index in [1.54, 1.807) is 7.11 Å². The first kappa shape index (κ1) is 19.6. The zero-order chi connectivity index (χ0) is 20.1. The van der Waals surface area contributed by atoms with E-state index in [4.69, 9.17) is 14.2 Å². The van der Waals surface area contributed by atoms with Crippen LogP contribution in [-0.4, -0.2) is 63.4 Å². The Kier molecular flexibility index (Phi) is 6.20. The Hall–Kier alpha value is -2.73. The van der Waals surface area contributed by atoms with Gasteiger partial charge >= 0.3 is 0 Å². The van der Waals surface area contributed by atoms with Crippen LogP contribution in [0.2, 0.25) is 0 Å². The number of rotatable bonds is 6. The summed E-state index contributed by atoms with van der Waals surface area (Å²) in [6, 6.07) is 15.6. The average molecular weight is 396 g/mol. The van der Waals surface area contributed by atoms with Gasteiger partial charge in [-0.1, -0.05) is 18.2 Å². The minimum absolute atomic E-state index is 0.0261. The van der Waals surface area contributed by atoms with E-state index >= 15 is 0 Å². The second kappa shape index (κ2) is 9.18. The second-order valence-electron chi connectivity index (χ2n) is 7.42. The van der Waals surface area contributed by atoms with Gasteiger partial charge in [-0.05, 0) is 37.1 Å². The predicted octanol–water partition coefficient (Wildman–Crippen LogP) is 3.22. The van der Waals surface area contributed by atoms with E-state index < -0.39 is 0 Å². The largest absolute Gasteiger partial charge is 0.497 e. The monoisotopic (exact) mass is 396 g/mol. The number of para-hydroxylation sites is 1. The van der Waals surface area contributed by atoms with Crippen LogP contribution in [0.25, 0.3) is 0 Å². The quantitative estimate of drug-likeness (QED) is 0.751. The summed E-state index contributed by atoms with van der Waals surface area (Å²) in [4.78, 5) is 17.3. The fourth-order valence-electron chi connectivity index (χ4n) is 3.87. The summed E-state index contributed by atoms with van der Waals surface area (Å²) in [6.07, 6.45) is 2.22. The van der Waals surface area contributed by atoms with Crippen molar-refractivity contribution in [3.05, 3.63) is 54.1 Å². The molecule has 2 heterocycles. The Balaban J connectivity index is 1.38. The highest BCUT2D eigenvalue weighted by molar-refractivity contribution is 5.97. The van der Waals surface area contributed by atoms with Gasteiger partial charge in [0.05, 0.1) is 18.8 Å². The lowest BCUT2D eigenvalue weighted by molar-refractivity contribution is 0.0648. The number of benzene rings is 2. The van der Waals surface area contributed by atoms with Crippen molar-refractivity contribution in [3.63, 3.8) is 0 Å². The number of ether oxygens (including phenoxy) is 3. The molecule has 6 heteroatoms. The number of hydrogen-bond donors (Lipinski definition) is 0. The molecule has 2 aromatic carbocycles. The zero-order valence-corrected chi connectivity index (χ0v) is 16.9. The van der Waals surface area contributed by atoms with Crippen LogP contribution in [0.3, 0.4) is 0 Å². The summed E-state index contributed by atoms with van der Waals surface area (Å²) < 4.78 is 16.9. The van der Waals surface area contributed by atoms with Gasteiger partial charge in [-0.15, -0.1) is 0 Å². The van der Waals surface area contributed by atoms with Crippen molar-refractivity contribution in [2.75, 3.05) is 51.4 Å². The van der Waals surface area contributed by atoms with Crippen molar-refractivity contribution in [1.29, 1.82) is 0 Å². The summed E-state index contributed by atoms with van der Waals surface area (Å²) in [5.41, 5.74) is 1.75. The molecule has 1 unspecified atom stereocenters. The second-order valence-corrected chi connectivity index (χ2v) is 7.42. The normalized spacial score (nSPS) is 19.3. The van der Waals surface area contributed by atoms with Crippen LogP contribution in [0.15, 0.2) is 48.5 Å². The molecule has 154 valence electrons. The third-order valence-corrected chi connectivity index (χ3v) is 5.55. The van der Waals surface area contributed by atoms with E-state index in [0.717, 1.165) is 44.0 Å². The summed E-state index contributed by atoms with van der Waals surface area (Å²) >= 11 is 0. The molecular weight excluding hydrogens is 368 g/mol. The van der Waals surface area contributed by atoms with Crippen molar-refractivity contribution < 1.29 is 19.0 Å². The molecule has 0 spiro atoms. The molecule has 0 saturated carbocycles. The highest BCUT2D eigenvalue weighted by Crippen LogP contribution is 2.25. The molecule has 2 aliphatic heterocycles. The fourth-order valence-corrected chi connectivity index (χ4v) is 3.87. The topological polar surface area (TPSA) is 51.2 Å². The molecule has 29 heavy (non-hydrogen) atoms. The van der Waals surface area contributed by atoms with E-state index in [-0.39, 0.29) is 12.0 Å². The summed E-state index contributed by atoms with van der Waals surface area (Å²) in [7, 11) is 1.67. The van der Waals surface area contributed by atoms with Crippen molar-refractivity contribution in [1.82, 2.24) is 4.90 Å². The van der Waals surface area contributed by atoms with Crippen LogP contribution < -0.4 is 14.4 Å². The maximum Gasteiger partial charge on any atom is 0.257 e. The molecular formula is C23H28N2O4. The number of carbonyl (C=O) groups excluding carboxylic acids is 1. The van der Waals surface area contributed by atoms with Gasteiger partial charge in [-0.25, -0.2) is 0 Å². The highest BCUT2D eigenvalue weighted by Gasteiger charge is 2.25. The lowest BCUT2D eigenvalue weighted by atomic mass is 10.1. The molecule has 2 fully saturated rings. The van der Waals surface area contributed by atoms with Crippen LogP contribution in [0, 0.1) is 0 Å². The number of nitrogens with zero attached hydrogens (tertiary/aromatic N) is 2. The summed E-state index contributed by atoms with van der Waals surface area (Å²) in [5.74, 6) is 1.51. The smallest absolute Gasteiger partial charge is 0.257 e. The molecule has 0 N–H and O–H groups in total.